The maximum atomic E-state index is 10.2. The van der Waals surface area contributed by atoms with E-state index in [2.05, 4.69) is 0 Å². The molecule has 0 radical (unpaired) electrons. The van der Waals surface area contributed by atoms with Crippen molar-refractivity contribution in [3.8, 4) is 0 Å². The molecule has 0 amide bonds. The summed E-state index contributed by atoms with van der Waals surface area (Å²) in [5, 5.41) is 1.60. The first kappa shape index (κ1) is 9.28. The van der Waals surface area contributed by atoms with Gasteiger partial charge in [0.1, 0.15) is 12.0 Å². The molecule has 3 heteroatoms. The van der Waals surface area contributed by atoms with Crippen LogP contribution < -0.4 is 0 Å². The minimum Gasteiger partial charge on any atom is -0.459 e. The highest BCUT2D eigenvalue weighted by Gasteiger charge is 2.05. The normalized spacial score (nSPS) is 10.6. The fourth-order valence-electron chi connectivity index (χ4n) is 1.41. The Morgan fingerprint density at radius 2 is 2.29 bits per heavy atom. The van der Waals surface area contributed by atoms with Gasteiger partial charge in [0.15, 0.2) is 5.58 Å². The molecule has 0 unspecified atom stereocenters. The minimum atomic E-state index is 0.484. The summed E-state index contributed by atoms with van der Waals surface area (Å²) in [4.78, 5) is 10.2. The molecular formula is C11H9ClO2. The average molecular weight is 209 g/mol. The van der Waals surface area contributed by atoms with E-state index in [1.807, 2.05) is 18.2 Å². The van der Waals surface area contributed by atoms with Crippen molar-refractivity contribution >= 4 is 28.9 Å². The van der Waals surface area contributed by atoms with Gasteiger partial charge in [-0.3, -0.25) is 0 Å². The zero-order chi connectivity index (χ0) is 9.97. The SMILES string of the molecule is O=CCCc1cc2cccc(Cl)c2o1. The number of hydrogen-bond donors (Lipinski definition) is 0. The molecule has 0 aliphatic carbocycles. The predicted molar refractivity (Wildman–Crippen MR) is 55.6 cm³/mol. The zero-order valence-corrected chi connectivity index (χ0v) is 8.25. The second-order valence-electron chi connectivity index (χ2n) is 3.08. The van der Waals surface area contributed by atoms with Crippen LogP contribution in [0.25, 0.3) is 11.0 Å². The molecule has 0 atom stereocenters. The second kappa shape index (κ2) is 3.84. The Bertz CT molecular complexity index is 459. The zero-order valence-electron chi connectivity index (χ0n) is 7.50. The predicted octanol–water partition coefficient (Wildman–Crippen LogP) is 3.22. The number of aldehydes is 1. The molecular weight excluding hydrogens is 200 g/mol. The Morgan fingerprint density at radius 1 is 1.43 bits per heavy atom. The van der Waals surface area contributed by atoms with E-state index in [-0.39, 0.29) is 0 Å². The summed E-state index contributed by atoms with van der Waals surface area (Å²) in [5.41, 5.74) is 0.704. The van der Waals surface area contributed by atoms with Crippen molar-refractivity contribution in [3.05, 3.63) is 35.0 Å². The molecule has 0 fully saturated rings. The highest BCUT2D eigenvalue weighted by Crippen LogP contribution is 2.26. The van der Waals surface area contributed by atoms with Gasteiger partial charge >= 0.3 is 0 Å². The van der Waals surface area contributed by atoms with Gasteiger partial charge in [0.25, 0.3) is 0 Å². The quantitative estimate of drug-likeness (QED) is 0.725. The summed E-state index contributed by atoms with van der Waals surface area (Å²) in [7, 11) is 0. The molecule has 0 bridgehead atoms. The Hall–Kier alpha value is -1.28. The van der Waals surface area contributed by atoms with Crippen LogP contribution in [0.5, 0.6) is 0 Å². The van der Waals surface area contributed by atoms with Crippen LogP contribution in [0.2, 0.25) is 5.02 Å². The summed E-state index contributed by atoms with van der Waals surface area (Å²) in [6, 6.07) is 7.53. The first-order chi connectivity index (χ1) is 6.81. The number of halogens is 1. The molecule has 0 aliphatic heterocycles. The van der Waals surface area contributed by atoms with Crippen molar-refractivity contribution in [1.82, 2.24) is 0 Å². The maximum absolute atomic E-state index is 10.2. The molecule has 0 saturated heterocycles. The van der Waals surface area contributed by atoms with Gasteiger partial charge < -0.3 is 9.21 Å². The number of para-hydroxylation sites is 1. The van der Waals surface area contributed by atoms with Gasteiger partial charge in [0, 0.05) is 18.2 Å². The van der Waals surface area contributed by atoms with Crippen molar-refractivity contribution in [2.24, 2.45) is 0 Å². The molecule has 1 aromatic heterocycles. The summed E-state index contributed by atoms with van der Waals surface area (Å²) < 4.78 is 5.51. The van der Waals surface area contributed by atoms with Gasteiger partial charge in [-0.05, 0) is 12.1 Å². The van der Waals surface area contributed by atoms with Gasteiger partial charge in [-0.25, -0.2) is 0 Å². The molecule has 14 heavy (non-hydrogen) atoms. The van der Waals surface area contributed by atoms with Gasteiger partial charge in [0.05, 0.1) is 5.02 Å². The van der Waals surface area contributed by atoms with Gasteiger partial charge in [-0.15, -0.1) is 0 Å². The van der Waals surface area contributed by atoms with Crippen molar-refractivity contribution in [3.63, 3.8) is 0 Å². The molecule has 2 nitrogen and oxygen atoms in total. The fraction of sp³-hybridized carbons (Fsp3) is 0.182. The lowest BCUT2D eigenvalue weighted by Crippen LogP contribution is -1.80. The molecule has 0 saturated carbocycles. The van der Waals surface area contributed by atoms with Crippen LogP contribution in [0.3, 0.4) is 0 Å². The van der Waals surface area contributed by atoms with Crippen LogP contribution in [-0.2, 0) is 11.2 Å². The fourth-order valence-corrected chi connectivity index (χ4v) is 1.63. The largest absolute Gasteiger partial charge is 0.459 e. The van der Waals surface area contributed by atoms with Crippen LogP contribution in [-0.4, -0.2) is 6.29 Å². The van der Waals surface area contributed by atoms with Gasteiger partial charge in [-0.1, -0.05) is 23.7 Å². The molecule has 1 aromatic carbocycles. The number of fused-ring (bicyclic) bond motifs is 1. The standard InChI is InChI=1S/C11H9ClO2/c12-10-5-1-3-8-7-9(4-2-6-13)14-11(8)10/h1,3,5-7H,2,4H2. The molecule has 2 aromatic rings. The smallest absolute Gasteiger partial charge is 0.152 e. The number of rotatable bonds is 3. The molecule has 1 heterocycles. The number of carbonyl (C=O) groups excluding carboxylic acids is 1. The molecule has 2 rings (SSSR count). The summed E-state index contributed by atoms with van der Waals surface area (Å²) >= 11 is 5.94. The number of carbonyl (C=O) groups is 1. The summed E-state index contributed by atoms with van der Waals surface area (Å²) in [5.74, 6) is 0.806. The number of benzene rings is 1. The van der Waals surface area contributed by atoms with Crippen molar-refractivity contribution in [2.75, 3.05) is 0 Å². The van der Waals surface area contributed by atoms with E-state index in [1.54, 1.807) is 6.07 Å². The van der Waals surface area contributed by atoms with E-state index in [4.69, 9.17) is 16.0 Å². The van der Waals surface area contributed by atoms with Crippen molar-refractivity contribution < 1.29 is 9.21 Å². The van der Waals surface area contributed by atoms with Crippen LogP contribution in [0, 0.1) is 0 Å². The van der Waals surface area contributed by atoms with Crippen LogP contribution in [0.1, 0.15) is 12.2 Å². The van der Waals surface area contributed by atoms with Crippen LogP contribution in [0.4, 0.5) is 0 Å². The monoisotopic (exact) mass is 208 g/mol. The highest BCUT2D eigenvalue weighted by molar-refractivity contribution is 6.34. The Labute approximate surface area is 86.5 Å². The second-order valence-corrected chi connectivity index (χ2v) is 3.48. The lowest BCUT2D eigenvalue weighted by molar-refractivity contribution is -0.107. The van der Waals surface area contributed by atoms with Crippen molar-refractivity contribution in [1.29, 1.82) is 0 Å². The van der Waals surface area contributed by atoms with Crippen LogP contribution in [0.15, 0.2) is 28.7 Å². The van der Waals surface area contributed by atoms with E-state index in [0.717, 1.165) is 17.4 Å². The highest BCUT2D eigenvalue weighted by atomic mass is 35.5. The molecule has 72 valence electrons. The van der Waals surface area contributed by atoms with E-state index >= 15 is 0 Å². The topological polar surface area (TPSA) is 30.2 Å². The van der Waals surface area contributed by atoms with E-state index < -0.39 is 0 Å². The molecule has 0 spiro atoms. The van der Waals surface area contributed by atoms with Crippen LogP contribution >= 0.6 is 11.6 Å². The summed E-state index contributed by atoms with van der Waals surface area (Å²) in [6.45, 7) is 0. The van der Waals surface area contributed by atoms with E-state index in [0.29, 0.717) is 23.4 Å². The van der Waals surface area contributed by atoms with Crippen molar-refractivity contribution in [2.45, 2.75) is 12.8 Å². The van der Waals surface area contributed by atoms with Gasteiger partial charge in [-0.2, -0.15) is 0 Å². The minimum absolute atomic E-state index is 0.484. The Kier molecular flexibility index (Phi) is 2.55. The third-order valence-electron chi connectivity index (χ3n) is 2.06. The maximum Gasteiger partial charge on any atom is 0.152 e. The Morgan fingerprint density at radius 3 is 3.00 bits per heavy atom. The van der Waals surface area contributed by atoms with Gasteiger partial charge in [0.2, 0.25) is 0 Å². The molecule has 0 N–H and O–H groups in total. The lowest BCUT2D eigenvalue weighted by Gasteiger charge is -1.90. The van der Waals surface area contributed by atoms with E-state index in [9.17, 15) is 4.79 Å². The summed E-state index contributed by atoms with van der Waals surface area (Å²) in [6.07, 6.45) is 2.00. The average Bonchev–Trinajstić information content (AvgIpc) is 2.59. The van der Waals surface area contributed by atoms with E-state index in [1.165, 1.54) is 0 Å². The first-order valence-corrected chi connectivity index (χ1v) is 4.79. The Balaban J connectivity index is 2.41. The lowest BCUT2D eigenvalue weighted by atomic mass is 10.2. The number of furan rings is 1. The third kappa shape index (κ3) is 1.66. The molecule has 0 aliphatic rings. The first-order valence-electron chi connectivity index (χ1n) is 4.42. The number of aryl methyl sites for hydroxylation is 1. The third-order valence-corrected chi connectivity index (χ3v) is 2.35. The number of hydrogen-bond acceptors (Lipinski definition) is 2.